The van der Waals surface area contributed by atoms with Gasteiger partial charge in [0, 0.05) is 27.7 Å². The van der Waals surface area contributed by atoms with Crippen molar-refractivity contribution in [2.24, 2.45) is 0 Å². The number of hydrogen-bond donors (Lipinski definition) is 0. The molecule has 1 aromatic heterocycles. The first-order valence-corrected chi connectivity index (χ1v) is 21.7. The third-order valence-corrected chi connectivity index (χ3v) is 13.0. The molecule has 0 bridgehead atoms. The molecule has 0 amide bonds. The molecule has 0 unspecified atom stereocenters. The van der Waals surface area contributed by atoms with Crippen LogP contribution in [-0.2, 0) is 5.41 Å². The minimum atomic E-state index is -0.548. The van der Waals surface area contributed by atoms with E-state index >= 15 is 0 Å². The molecule has 0 aliphatic heterocycles. The monoisotopic (exact) mass is 803 g/mol. The predicted octanol–water partition coefficient (Wildman–Crippen LogP) is 16.4. The number of anilines is 3. The zero-order valence-electron chi connectivity index (χ0n) is 34.5. The van der Waals surface area contributed by atoms with Crippen LogP contribution >= 0.6 is 0 Å². The van der Waals surface area contributed by atoms with Crippen LogP contribution in [0.2, 0.25) is 0 Å². The molecule has 0 radical (unpaired) electrons. The highest BCUT2D eigenvalue weighted by Crippen LogP contribution is 2.57. The van der Waals surface area contributed by atoms with Gasteiger partial charge in [0.1, 0.15) is 11.2 Å². The van der Waals surface area contributed by atoms with Crippen molar-refractivity contribution in [1.82, 2.24) is 0 Å². The van der Waals surface area contributed by atoms with Crippen molar-refractivity contribution in [2.45, 2.75) is 5.41 Å². The van der Waals surface area contributed by atoms with Gasteiger partial charge in [-0.3, -0.25) is 0 Å². The van der Waals surface area contributed by atoms with Gasteiger partial charge < -0.3 is 9.32 Å². The highest BCUT2D eigenvalue weighted by molar-refractivity contribution is 6.07. The highest BCUT2D eigenvalue weighted by atomic mass is 16.3. The second-order valence-corrected chi connectivity index (χ2v) is 16.4. The second kappa shape index (κ2) is 15.1. The van der Waals surface area contributed by atoms with E-state index in [1.165, 1.54) is 50.1 Å². The van der Waals surface area contributed by atoms with E-state index in [0.29, 0.717) is 0 Å². The van der Waals surface area contributed by atoms with Gasteiger partial charge in [0.15, 0.2) is 0 Å². The molecule has 2 nitrogen and oxygen atoms in total. The molecule has 1 aliphatic carbocycles. The van der Waals surface area contributed by atoms with Crippen LogP contribution in [0.4, 0.5) is 17.1 Å². The van der Waals surface area contributed by atoms with E-state index < -0.39 is 5.41 Å². The van der Waals surface area contributed by atoms with Crippen molar-refractivity contribution in [3.63, 3.8) is 0 Å². The molecule has 1 heterocycles. The Kier molecular flexibility index (Phi) is 8.76. The minimum Gasteiger partial charge on any atom is -0.456 e. The average Bonchev–Trinajstić information content (AvgIpc) is 3.89. The summed E-state index contributed by atoms with van der Waals surface area (Å²) in [6, 6.07) is 90.4. The fourth-order valence-corrected chi connectivity index (χ4v) is 10.1. The molecule has 2 heteroatoms. The lowest BCUT2D eigenvalue weighted by Gasteiger charge is -2.35. The quantitative estimate of drug-likeness (QED) is 0.152. The maximum absolute atomic E-state index is 6.41. The number of benzene rings is 10. The molecule has 0 saturated heterocycles. The van der Waals surface area contributed by atoms with Crippen molar-refractivity contribution < 1.29 is 4.42 Å². The summed E-state index contributed by atoms with van der Waals surface area (Å²) in [5.41, 5.74) is 18.9. The predicted molar refractivity (Wildman–Crippen MR) is 262 cm³/mol. The normalized spacial score (nSPS) is 12.6. The van der Waals surface area contributed by atoms with Gasteiger partial charge in [0.2, 0.25) is 0 Å². The molecular formula is C61H41NO. The lowest BCUT2D eigenvalue weighted by molar-refractivity contribution is 0.669. The molecule has 11 aromatic rings. The van der Waals surface area contributed by atoms with Crippen LogP contribution in [0.25, 0.3) is 66.4 Å². The number of furan rings is 1. The summed E-state index contributed by atoms with van der Waals surface area (Å²) >= 11 is 0. The van der Waals surface area contributed by atoms with Crippen molar-refractivity contribution in [3.8, 4) is 44.5 Å². The van der Waals surface area contributed by atoms with E-state index in [1.807, 2.05) is 6.07 Å². The molecule has 0 fully saturated rings. The van der Waals surface area contributed by atoms with E-state index in [2.05, 4.69) is 248 Å². The fraction of sp³-hybridized carbons (Fsp3) is 0.0164. The van der Waals surface area contributed by atoms with E-state index in [4.69, 9.17) is 4.42 Å². The van der Waals surface area contributed by atoms with E-state index in [0.717, 1.165) is 55.7 Å². The summed E-state index contributed by atoms with van der Waals surface area (Å²) in [5, 5.41) is 2.18. The first-order valence-electron chi connectivity index (χ1n) is 21.7. The maximum Gasteiger partial charge on any atom is 0.135 e. The summed E-state index contributed by atoms with van der Waals surface area (Å²) in [6.07, 6.45) is 0. The Hall–Kier alpha value is -8.20. The molecule has 10 aromatic carbocycles. The maximum atomic E-state index is 6.41. The lowest BCUT2D eigenvalue weighted by Crippen LogP contribution is -2.28. The van der Waals surface area contributed by atoms with E-state index in [-0.39, 0.29) is 0 Å². The van der Waals surface area contributed by atoms with Crippen LogP contribution in [0.5, 0.6) is 0 Å². The molecular weight excluding hydrogens is 763 g/mol. The standard InChI is InChI=1S/C61H41NO/c1-5-17-42(18-6-1)44-29-31-45(32-30-44)54-39-46(43-19-7-2-8-20-43)33-37-58(54)62(49-35-38-60-55(40-49)53-26-14-16-28-59(53)63-60)50-34-36-52-51-25-13-15-27-56(51)61(57(52)41-50,47-21-9-3-10-22-47)48-23-11-4-12-24-48/h1-41H. The SMILES string of the molecule is c1ccc(-c2ccc(-c3cc(-c4ccccc4)ccc3N(c3ccc4c(c3)C(c3ccccc3)(c3ccccc3)c3ccccc3-4)c3ccc4oc5ccccc5c4c3)cc2)cc1. The Bertz CT molecular complexity index is 3390. The molecule has 296 valence electrons. The smallest absolute Gasteiger partial charge is 0.135 e. The van der Waals surface area contributed by atoms with Crippen LogP contribution in [0.1, 0.15) is 22.3 Å². The van der Waals surface area contributed by atoms with Crippen LogP contribution in [0.3, 0.4) is 0 Å². The third-order valence-electron chi connectivity index (χ3n) is 13.0. The van der Waals surface area contributed by atoms with Gasteiger partial charge >= 0.3 is 0 Å². The summed E-state index contributed by atoms with van der Waals surface area (Å²) in [6.45, 7) is 0. The van der Waals surface area contributed by atoms with Gasteiger partial charge in [-0.05, 0) is 110 Å². The molecule has 0 saturated carbocycles. The molecule has 0 N–H and O–H groups in total. The Labute approximate surface area is 367 Å². The molecule has 12 rings (SSSR count). The zero-order valence-corrected chi connectivity index (χ0v) is 34.5. The largest absolute Gasteiger partial charge is 0.456 e. The Morgan fingerprint density at radius 3 is 1.52 bits per heavy atom. The number of hydrogen-bond acceptors (Lipinski definition) is 2. The van der Waals surface area contributed by atoms with Crippen LogP contribution in [-0.4, -0.2) is 0 Å². The Balaban J connectivity index is 1.14. The van der Waals surface area contributed by atoms with Gasteiger partial charge in [0.25, 0.3) is 0 Å². The fourth-order valence-electron chi connectivity index (χ4n) is 10.1. The van der Waals surface area contributed by atoms with Crippen molar-refractivity contribution in [3.05, 3.63) is 271 Å². The van der Waals surface area contributed by atoms with Crippen molar-refractivity contribution in [1.29, 1.82) is 0 Å². The third kappa shape index (κ3) is 6.02. The van der Waals surface area contributed by atoms with Gasteiger partial charge in [-0.25, -0.2) is 0 Å². The van der Waals surface area contributed by atoms with E-state index in [9.17, 15) is 0 Å². The zero-order chi connectivity index (χ0) is 41.7. The van der Waals surface area contributed by atoms with Crippen LogP contribution in [0, 0.1) is 0 Å². The average molecular weight is 804 g/mol. The summed E-state index contributed by atoms with van der Waals surface area (Å²) < 4.78 is 6.41. The number of nitrogens with zero attached hydrogens (tertiary/aromatic N) is 1. The van der Waals surface area contributed by atoms with Crippen LogP contribution < -0.4 is 4.90 Å². The lowest BCUT2D eigenvalue weighted by atomic mass is 9.67. The number of rotatable bonds is 8. The van der Waals surface area contributed by atoms with Crippen molar-refractivity contribution >= 4 is 39.0 Å². The van der Waals surface area contributed by atoms with E-state index in [1.54, 1.807) is 0 Å². The molecule has 0 spiro atoms. The molecule has 1 aliphatic rings. The second-order valence-electron chi connectivity index (χ2n) is 16.4. The Morgan fingerprint density at radius 1 is 0.302 bits per heavy atom. The van der Waals surface area contributed by atoms with Gasteiger partial charge in [-0.15, -0.1) is 0 Å². The summed E-state index contributed by atoms with van der Waals surface area (Å²) in [7, 11) is 0. The van der Waals surface area contributed by atoms with Gasteiger partial charge in [0.05, 0.1) is 11.1 Å². The summed E-state index contributed by atoms with van der Waals surface area (Å²) in [5.74, 6) is 0. The first kappa shape index (κ1) is 36.6. The molecule has 0 atom stereocenters. The first-order chi connectivity index (χ1) is 31.2. The van der Waals surface area contributed by atoms with Gasteiger partial charge in [-0.2, -0.15) is 0 Å². The highest BCUT2D eigenvalue weighted by Gasteiger charge is 2.46. The number of fused-ring (bicyclic) bond motifs is 6. The van der Waals surface area contributed by atoms with Gasteiger partial charge in [-0.1, -0.05) is 200 Å². The van der Waals surface area contributed by atoms with Crippen LogP contribution in [0.15, 0.2) is 253 Å². The topological polar surface area (TPSA) is 16.4 Å². The summed E-state index contributed by atoms with van der Waals surface area (Å²) in [4.78, 5) is 2.46. The number of para-hydroxylation sites is 1. The molecule has 63 heavy (non-hydrogen) atoms. The van der Waals surface area contributed by atoms with Crippen molar-refractivity contribution in [2.75, 3.05) is 4.90 Å². The minimum absolute atomic E-state index is 0.548. The Morgan fingerprint density at radius 2 is 0.810 bits per heavy atom.